The molecule has 2 bridgehead atoms. The number of aromatic nitrogens is 9. The van der Waals surface area contributed by atoms with Crippen molar-refractivity contribution in [2.24, 2.45) is 23.7 Å². The maximum atomic E-state index is 14.5. The highest BCUT2D eigenvalue weighted by Crippen LogP contribution is 2.37. The van der Waals surface area contributed by atoms with Gasteiger partial charge in [0.15, 0.2) is 11.2 Å². The van der Waals surface area contributed by atoms with Crippen LogP contribution in [0.4, 0.5) is 23.7 Å². The van der Waals surface area contributed by atoms with Gasteiger partial charge >= 0.3 is 5.97 Å². The van der Waals surface area contributed by atoms with Gasteiger partial charge in [0.25, 0.3) is 23.0 Å². The number of nitrogens with zero attached hydrogens (tertiary/aromatic N) is 15. The number of Topliss-reactive ketones (excluding diaryl/α,β-unsaturated/α-hetero) is 2. The molecule has 31 nitrogen and oxygen atoms in total. The van der Waals surface area contributed by atoms with Gasteiger partial charge in [-0.3, -0.25) is 28.9 Å². The fourth-order valence-corrected chi connectivity index (χ4v) is 18.6. The highest BCUT2D eigenvalue weighted by Gasteiger charge is 2.42. The van der Waals surface area contributed by atoms with Crippen LogP contribution in [0.5, 0.6) is 0 Å². The predicted octanol–water partition coefficient (Wildman–Crippen LogP) is 10.9. The Labute approximate surface area is 736 Å². The van der Waals surface area contributed by atoms with E-state index in [9.17, 15) is 33.9 Å². The van der Waals surface area contributed by atoms with E-state index in [1.54, 1.807) is 38.0 Å². The molecule has 1 aliphatic carbocycles. The van der Waals surface area contributed by atoms with Crippen LogP contribution in [-0.2, 0) is 73.7 Å². The summed E-state index contributed by atoms with van der Waals surface area (Å²) in [4.78, 5) is 127. The summed E-state index contributed by atoms with van der Waals surface area (Å²) in [5, 5.41) is 20.5. The van der Waals surface area contributed by atoms with Gasteiger partial charge in [-0.2, -0.15) is 10.1 Å². The minimum absolute atomic E-state index is 0.00104. The average molecular weight is 1730 g/mol. The lowest BCUT2D eigenvalue weighted by Gasteiger charge is -2.36. The van der Waals surface area contributed by atoms with E-state index in [1.807, 2.05) is 77.8 Å². The van der Waals surface area contributed by atoms with Crippen LogP contribution in [0.2, 0.25) is 0 Å². The summed E-state index contributed by atoms with van der Waals surface area (Å²) in [5.41, 5.74) is 21.7. The number of ether oxygens (including phenoxy) is 5. The van der Waals surface area contributed by atoms with Gasteiger partial charge in [-0.25, -0.2) is 39.4 Å². The summed E-state index contributed by atoms with van der Waals surface area (Å²) < 4.78 is 38.4. The van der Waals surface area contributed by atoms with E-state index < -0.39 is 42.0 Å². The van der Waals surface area contributed by atoms with E-state index >= 15 is 0 Å². The summed E-state index contributed by atoms with van der Waals surface area (Å²) in [6.45, 7) is 19.0. The van der Waals surface area contributed by atoms with E-state index in [0.717, 1.165) is 117 Å². The molecule has 14 rings (SSSR count). The summed E-state index contributed by atoms with van der Waals surface area (Å²) in [6.07, 6.45) is 29.3. The molecule has 4 saturated heterocycles. The van der Waals surface area contributed by atoms with Crippen LogP contribution in [0, 0.1) is 23.7 Å². The molecule has 5 fully saturated rings. The Balaban J connectivity index is 0.471. The molecule has 668 valence electrons. The van der Waals surface area contributed by atoms with Gasteiger partial charge in [-0.1, -0.05) is 75.4 Å². The van der Waals surface area contributed by atoms with Gasteiger partial charge in [-0.15, -0.1) is 0 Å². The first-order valence-corrected chi connectivity index (χ1v) is 45.3. The number of esters is 1. The third-order valence-corrected chi connectivity index (χ3v) is 26.1. The number of thiocarbonyl (C=S) groups is 1. The Morgan fingerprint density at radius 2 is 1.48 bits per heavy atom. The third kappa shape index (κ3) is 24.0. The first-order valence-electron chi connectivity index (χ1n) is 44.9. The molecular weight excluding hydrogens is 1610 g/mol. The number of piperidine rings is 1. The van der Waals surface area contributed by atoms with Crippen molar-refractivity contribution < 1.29 is 62.0 Å². The Kier molecular flexibility index (Phi) is 31.3. The minimum atomic E-state index is -0.916. The number of methoxy groups -OCH3 is 1. The zero-order valence-corrected chi connectivity index (χ0v) is 73.8. The zero-order valence-electron chi connectivity index (χ0n) is 73.0. The van der Waals surface area contributed by atoms with Gasteiger partial charge in [0.05, 0.1) is 55.4 Å². The number of anilines is 4. The molecule has 5 aromatic heterocycles. The number of carbonyl (C=O) groups excluding carboxylic acids is 6. The lowest BCUT2D eigenvalue weighted by Crippen LogP contribution is -2.54. The number of benzene rings is 2. The van der Waals surface area contributed by atoms with Crippen molar-refractivity contribution in [2.45, 2.75) is 219 Å². The van der Waals surface area contributed by atoms with Gasteiger partial charge < -0.3 is 74.5 Å². The molecule has 11 heterocycles. The number of hydrogen-bond acceptors (Lipinski definition) is 27. The van der Waals surface area contributed by atoms with E-state index in [0.29, 0.717) is 192 Å². The molecule has 32 heteroatoms. The molecule has 7 aromatic rings. The number of carbonyl (C=O) groups is 6. The van der Waals surface area contributed by atoms with Crippen molar-refractivity contribution in [3.05, 3.63) is 143 Å². The zero-order chi connectivity index (χ0) is 87.6. The topological polar surface area (TPSA) is 373 Å². The molecule has 6 aliphatic heterocycles. The number of rotatable bonds is 19. The van der Waals surface area contributed by atoms with Crippen LogP contribution in [0.1, 0.15) is 183 Å². The van der Waals surface area contributed by atoms with Crippen LogP contribution in [0.15, 0.2) is 120 Å². The second-order valence-electron chi connectivity index (χ2n) is 35.0. The van der Waals surface area contributed by atoms with Crippen molar-refractivity contribution in [1.29, 1.82) is 0 Å². The van der Waals surface area contributed by atoms with Crippen molar-refractivity contribution in [2.75, 3.05) is 114 Å². The summed E-state index contributed by atoms with van der Waals surface area (Å²) in [7, 11) is 1.66. The molecule has 0 spiro atoms. The van der Waals surface area contributed by atoms with E-state index in [1.165, 1.54) is 16.8 Å². The van der Waals surface area contributed by atoms with Gasteiger partial charge in [0.1, 0.15) is 53.5 Å². The van der Waals surface area contributed by atoms with Crippen molar-refractivity contribution in [3.63, 3.8) is 0 Å². The fraction of sp³-hybridized carbons (Fsp3) is 0.559. The molecule has 2 unspecified atom stereocenters. The molecule has 9 atom stereocenters. The third-order valence-electron chi connectivity index (χ3n) is 25.8. The number of ketones is 2. The number of hydrogen-bond donors (Lipinski definition) is 4. The largest absolute Gasteiger partial charge is 0.468 e. The number of nitrogens with two attached hydrogens (primary N) is 2. The summed E-state index contributed by atoms with van der Waals surface area (Å²) in [5.74, 6) is -0.0753. The average Bonchev–Trinajstić information content (AvgIpc) is 1.65. The molecule has 1 saturated carbocycles. The molecule has 3 amide bonds. The number of nitrogen functional groups attached to an aromatic ring is 2. The highest BCUT2D eigenvalue weighted by atomic mass is 32.1. The monoisotopic (exact) mass is 1730 g/mol. The first kappa shape index (κ1) is 90.7. The van der Waals surface area contributed by atoms with Gasteiger partial charge in [0.2, 0.25) is 23.6 Å². The molecule has 125 heavy (non-hydrogen) atoms. The maximum Gasteiger partial charge on any atom is 0.329 e. The van der Waals surface area contributed by atoms with Gasteiger partial charge in [0, 0.05) is 147 Å². The molecular formula is C93H122N18O13S. The number of fused-ring (bicyclic) bond motifs is 6. The van der Waals surface area contributed by atoms with Crippen LogP contribution >= 0.6 is 12.2 Å². The van der Waals surface area contributed by atoms with Crippen molar-refractivity contribution in [3.8, 4) is 11.3 Å². The fourth-order valence-electron chi connectivity index (χ4n) is 18.4. The van der Waals surface area contributed by atoms with Crippen molar-refractivity contribution >= 4 is 98.5 Å². The number of aliphatic hydroxyl groups excluding tert-OH is 1. The Hall–Kier alpha value is -10.5. The summed E-state index contributed by atoms with van der Waals surface area (Å²) in [6, 6.07) is 11.1. The molecule has 7 aliphatic rings. The second kappa shape index (κ2) is 43.1. The standard InChI is InChI=1S/C93H122N18O13S/c1-59-13-8-7-9-14-61(3)80(119-6)49-73-15-12-17-79(121-73)84(115)88(117)110-32-11-10-16-75(110)89(118)122-71(25-18-60(2)46-63(5)77(113)50-76(112)62(4)45-59)26-20-64-21-27-72(28-22-64)123-93(125)100-53-66-51-96-91(97-52-66)108-40-38-106(39-41-108)81(114)31-43-120-44-42-105-34-36-107(37-35-105)92-98-54-70(55-99-92)87(116)109-33-30-67-47-65(19-23-69(67)57-109)56-111-86-82(85(94)101-58-102-86)83(104-111)68-24-29-78-74(48-68)103-90(95)124-78/h7-9,13-14,19,23-24,29,46-48,51-52,54-55,58-60,62,64,71-73,75,77,79-80,113H,10-12,15-18,20-22,25-28,30-45,49-50,53,56-57H2,1-6H3,(H2,95,103)(H,100,125)(H2,94,101,102)/b9-7?,13-8+,61-14?,63-46+/t59-,60+,62-,64?,71+,72?,73?,75+,77+,79?,80+/m1/s1. The summed E-state index contributed by atoms with van der Waals surface area (Å²) >= 11 is 5.70. The Morgan fingerprint density at radius 3 is 2.25 bits per heavy atom. The number of amides is 3. The normalized spacial score (nSPS) is 25.5. The SMILES string of the molecule is CO[C@H]1CC2CCCC(O2)C(=O)C(=O)N2CCCC[C@H]2C(=O)O[C@H](CCC2CCC(OC(=S)NCc3cnc(N4CCN(C(=O)CCOCCN5CCN(c6ncc(C(=O)N7CCc8cc(Cn9nc(-c%10ccc%11oc(N)nc%11c%10)c%10c(N)ncnc%109)ccc8C7)cn6)CC5)CC4)nc3)CC2)CC[C@H](C)/C=C(\C)[C@@H](O)CC(=O)[C@H](C)C[C@H](C)/C=C/C=CC=C1C. The molecule has 6 N–H and O–H groups in total. The smallest absolute Gasteiger partial charge is 0.329 e. The molecule has 0 radical (unpaired) electrons. The van der Waals surface area contributed by atoms with Crippen LogP contribution in [0.25, 0.3) is 33.4 Å². The number of aliphatic hydroxyl groups is 1. The Morgan fingerprint density at radius 1 is 0.720 bits per heavy atom. The maximum absolute atomic E-state index is 14.5. The lowest BCUT2D eigenvalue weighted by molar-refractivity contribution is -0.167. The number of cyclic esters (lactones) is 1. The molecule has 2 aromatic carbocycles. The second-order valence-corrected chi connectivity index (χ2v) is 35.4. The van der Waals surface area contributed by atoms with Gasteiger partial charge in [-0.05, 0) is 193 Å². The number of oxazole rings is 1. The predicted molar refractivity (Wildman–Crippen MR) is 479 cm³/mol. The van der Waals surface area contributed by atoms with E-state index in [4.69, 9.17) is 56.9 Å². The minimum Gasteiger partial charge on any atom is -0.468 e. The van der Waals surface area contributed by atoms with Crippen LogP contribution in [-0.4, -0.2) is 245 Å². The quantitative estimate of drug-likeness (QED) is 0.0192. The number of piperazine rings is 2. The van der Waals surface area contributed by atoms with Crippen molar-refractivity contribution in [1.82, 2.24) is 69.6 Å². The lowest BCUT2D eigenvalue weighted by atomic mass is 9.83. The van der Waals surface area contributed by atoms with Crippen LogP contribution in [0.3, 0.4) is 0 Å². The van der Waals surface area contributed by atoms with E-state index in [2.05, 4.69) is 93.0 Å². The first-order chi connectivity index (χ1) is 60.5. The number of nitrogens with one attached hydrogen (secondary N) is 1. The highest BCUT2D eigenvalue weighted by molar-refractivity contribution is 7.80. The Bertz CT molecular complexity index is 5030. The van der Waals surface area contributed by atoms with E-state index in [-0.39, 0.29) is 72.6 Å². The number of allylic oxidation sites excluding steroid dienone is 6. The van der Waals surface area contributed by atoms with Crippen LogP contribution < -0.4 is 26.6 Å².